The predicted octanol–water partition coefficient (Wildman–Crippen LogP) is 1.49. The van der Waals surface area contributed by atoms with E-state index >= 15 is 0 Å². The van der Waals surface area contributed by atoms with Crippen LogP contribution in [0.4, 0.5) is 5.69 Å². The normalized spacial score (nSPS) is 18.1. The quantitative estimate of drug-likeness (QED) is 0.846. The second kappa shape index (κ2) is 6.21. The van der Waals surface area contributed by atoms with Gasteiger partial charge in [0.15, 0.2) is 0 Å². The second-order valence-electron chi connectivity index (χ2n) is 4.80. The van der Waals surface area contributed by atoms with E-state index in [1.165, 1.54) is 5.69 Å². The number of piperazine rings is 1. The first-order valence-corrected chi connectivity index (χ1v) is 6.95. The molecule has 0 aliphatic carbocycles. The zero-order valence-corrected chi connectivity index (χ0v) is 12.3. The number of thiocarbonyl (C=S) groups is 1. The number of ether oxygens (including phenoxy) is 1. The van der Waals surface area contributed by atoms with Crippen molar-refractivity contribution in [3.63, 3.8) is 0 Å². The summed E-state index contributed by atoms with van der Waals surface area (Å²) in [7, 11) is 1.69. The highest BCUT2D eigenvalue weighted by atomic mass is 32.1. The van der Waals surface area contributed by atoms with Gasteiger partial charge in [-0.1, -0.05) is 12.2 Å². The van der Waals surface area contributed by atoms with Gasteiger partial charge in [0, 0.05) is 31.9 Å². The molecule has 0 spiro atoms. The summed E-state index contributed by atoms with van der Waals surface area (Å²) in [4.78, 5) is 5.29. The maximum Gasteiger partial charge on any atom is 0.119 e. The van der Waals surface area contributed by atoms with Gasteiger partial charge < -0.3 is 15.4 Å². The van der Waals surface area contributed by atoms with Crippen LogP contribution in [-0.4, -0.2) is 49.2 Å². The van der Waals surface area contributed by atoms with Crippen LogP contribution >= 0.6 is 12.2 Å². The van der Waals surface area contributed by atoms with Crippen molar-refractivity contribution in [2.75, 3.05) is 38.2 Å². The molecule has 5 heteroatoms. The van der Waals surface area contributed by atoms with Crippen LogP contribution in [0, 0.1) is 0 Å². The summed E-state index contributed by atoms with van der Waals surface area (Å²) in [6.07, 6.45) is 0. The third-order valence-electron chi connectivity index (χ3n) is 3.71. The number of nitrogens with two attached hydrogens (primary N) is 1. The number of nitrogens with zero attached hydrogens (tertiary/aromatic N) is 2. The first-order valence-electron chi connectivity index (χ1n) is 6.54. The molecule has 4 nitrogen and oxygen atoms in total. The van der Waals surface area contributed by atoms with Gasteiger partial charge in [-0.2, -0.15) is 0 Å². The smallest absolute Gasteiger partial charge is 0.119 e. The molecule has 0 bridgehead atoms. The number of rotatable bonds is 4. The van der Waals surface area contributed by atoms with Crippen molar-refractivity contribution in [3.8, 4) is 5.75 Å². The van der Waals surface area contributed by atoms with Crippen molar-refractivity contribution in [2.24, 2.45) is 5.73 Å². The Morgan fingerprint density at radius 1 is 1.21 bits per heavy atom. The Hall–Kier alpha value is -1.33. The van der Waals surface area contributed by atoms with Crippen LogP contribution in [0.2, 0.25) is 0 Å². The molecule has 0 aromatic heterocycles. The summed E-state index contributed by atoms with van der Waals surface area (Å²) >= 11 is 5.06. The third-order valence-corrected chi connectivity index (χ3v) is 4.05. The standard InChI is InChI=1S/C14H21N3OS/c1-11(14(15)19)16-7-9-17(10-8-16)12-3-5-13(18-2)6-4-12/h3-6,11H,7-10H2,1-2H3,(H2,15,19). The van der Waals surface area contributed by atoms with Crippen molar-refractivity contribution in [3.05, 3.63) is 24.3 Å². The van der Waals surface area contributed by atoms with Crippen LogP contribution in [0.3, 0.4) is 0 Å². The number of hydrogen-bond donors (Lipinski definition) is 1. The summed E-state index contributed by atoms with van der Waals surface area (Å²) in [5.74, 6) is 0.893. The Morgan fingerprint density at radius 3 is 2.26 bits per heavy atom. The number of benzene rings is 1. The molecule has 1 aliphatic heterocycles. The fourth-order valence-electron chi connectivity index (χ4n) is 2.34. The Morgan fingerprint density at radius 2 is 1.79 bits per heavy atom. The SMILES string of the molecule is COc1ccc(N2CCN(C(C)C(N)=S)CC2)cc1. The highest BCUT2D eigenvalue weighted by Crippen LogP contribution is 2.20. The van der Waals surface area contributed by atoms with Crippen molar-refractivity contribution < 1.29 is 4.74 Å². The molecule has 1 fully saturated rings. The Balaban J connectivity index is 1.93. The molecule has 1 aromatic carbocycles. The monoisotopic (exact) mass is 279 g/mol. The summed E-state index contributed by atoms with van der Waals surface area (Å²) in [6.45, 7) is 6.05. The summed E-state index contributed by atoms with van der Waals surface area (Å²) in [5, 5.41) is 0. The van der Waals surface area contributed by atoms with Crippen molar-refractivity contribution >= 4 is 22.9 Å². The van der Waals surface area contributed by atoms with Gasteiger partial charge in [0.25, 0.3) is 0 Å². The number of hydrogen-bond acceptors (Lipinski definition) is 4. The van der Waals surface area contributed by atoms with E-state index in [-0.39, 0.29) is 6.04 Å². The topological polar surface area (TPSA) is 41.7 Å². The van der Waals surface area contributed by atoms with Crippen molar-refractivity contribution in [1.29, 1.82) is 0 Å². The van der Waals surface area contributed by atoms with E-state index in [1.807, 2.05) is 12.1 Å². The predicted molar refractivity (Wildman–Crippen MR) is 83.0 cm³/mol. The lowest BCUT2D eigenvalue weighted by Crippen LogP contribution is -2.52. The minimum Gasteiger partial charge on any atom is -0.497 e. The third kappa shape index (κ3) is 3.36. The molecular weight excluding hydrogens is 258 g/mol. The van der Waals surface area contributed by atoms with E-state index in [9.17, 15) is 0 Å². The zero-order valence-electron chi connectivity index (χ0n) is 11.5. The molecule has 0 radical (unpaired) electrons. The van der Waals surface area contributed by atoms with E-state index in [4.69, 9.17) is 22.7 Å². The number of methoxy groups -OCH3 is 1. The van der Waals surface area contributed by atoms with Crippen LogP contribution in [-0.2, 0) is 0 Å². The van der Waals surface area contributed by atoms with Crippen molar-refractivity contribution in [1.82, 2.24) is 4.90 Å². The minimum absolute atomic E-state index is 0.188. The van der Waals surface area contributed by atoms with Gasteiger partial charge in [-0.15, -0.1) is 0 Å². The van der Waals surface area contributed by atoms with Crippen LogP contribution in [0.5, 0.6) is 5.75 Å². The fraction of sp³-hybridized carbons (Fsp3) is 0.500. The van der Waals surface area contributed by atoms with Gasteiger partial charge in [0.2, 0.25) is 0 Å². The molecule has 1 heterocycles. The maximum atomic E-state index is 5.71. The van der Waals surface area contributed by atoms with E-state index in [0.29, 0.717) is 4.99 Å². The second-order valence-corrected chi connectivity index (χ2v) is 5.27. The van der Waals surface area contributed by atoms with E-state index in [1.54, 1.807) is 7.11 Å². The van der Waals surface area contributed by atoms with Gasteiger partial charge in [-0.25, -0.2) is 0 Å². The first kappa shape index (κ1) is 14.1. The largest absolute Gasteiger partial charge is 0.497 e. The van der Waals surface area contributed by atoms with E-state index in [2.05, 4.69) is 28.9 Å². The van der Waals surface area contributed by atoms with Crippen LogP contribution in [0.25, 0.3) is 0 Å². The molecule has 2 rings (SSSR count). The van der Waals surface area contributed by atoms with E-state index in [0.717, 1.165) is 31.9 Å². The summed E-state index contributed by atoms with van der Waals surface area (Å²) in [6, 6.07) is 8.39. The molecule has 0 saturated carbocycles. The zero-order chi connectivity index (χ0) is 13.8. The number of anilines is 1. The van der Waals surface area contributed by atoms with E-state index < -0.39 is 0 Å². The average molecular weight is 279 g/mol. The Kier molecular flexibility index (Phi) is 4.61. The minimum atomic E-state index is 0.188. The molecule has 1 atom stereocenters. The molecular formula is C14H21N3OS. The van der Waals surface area contributed by atoms with Gasteiger partial charge >= 0.3 is 0 Å². The van der Waals surface area contributed by atoms with Crippen LogP contribution in [0.1, 0.15) is 6.92 Å². The van der Waals surface area contributed by atoms with Gasteiger partial charge in [-0.3, -0.25) is 4.90 Å². The Labute approximate surface area is 120 Å². The van der Waals surface area contributed by atoms with Crippen molar-refractivity contribution in [2.45, 2.75) is 13.0 Å². The van der Waals surface area contributed by atoms with Crippen LogP contribution in [0.15, 0.2) is 24.3 Å². The lowest BCUT2D eigenvalue weighted by atomic mass is 10.2. The molecule has 1 saturated heterocycles. The molecule has 1 unspecified atom stereocenters. The molecule has 0 amide bonds. The first-order chi connectivity index (χ1) is 9.11. The van der Waals surface area contributed by atoms with Crippen LogP contribution < -0.4 is 15.4 Å². The highest BCUT2D eigenvalue weighted by molar-refractivity contribution is 7.80. The molecule has 1 aliphatic rings. The average Bonchev–Trinajstić information content (AvgIpc) is 2.46. The molecule has 104 valence electrons. The van der Waals surface area contributed by atoms with Gasteiger partial charge in [0.1, 0.15) is 5.75 Å². The van der Waals surface area contributed by atoms with Gasteiger partial charge in [-0.05, 0) is 31.2 Å². The lowest BCUT2D eigenvalue weighted by molar-refractivity contribution is 0.239. The lowest BCUT2D eigenvalue weighted by Gasteiger charge is -2.38. The molecule has 19 heavy (non-hydrogen) atoms. The van der Waals surface area contributed by atoms with Gasteiger partial charge in [0.05, 0.1) is 18.1 Å². The Bertz CT molecular complexity index is 427. The molecule has 2 N–H and O–H groups in total. The highest BCUT2D eigenvalue weighted by Gasteiger charge is 2.22. The molecule has 1 aromatic rings. The maximum absolute atomic E-state index is 5.71. The fourth-order valence-corrected chi connectivity index (χ4v) is 2.49. The summed E-state index contributed by atoms with van der Waals surface area (Å²) in [5.41, 5.74) is 6.95. The summed E-state index contributed by atoms with van der Waals surface area (Å²) < 4.78 is 5.18.